The van der Waals surface area contributed by atoms with Gasteiger partial charge in [-0.05, 0) is 44.0 Å². The zero-order chi connectivity index (χ0) is 29.4. The molecule has 226 valence electrons. The van der Waals surface area contributed by atoms with Gasteiger partial charge in [0, 0.05) is 69.1 Å². The van der Waals surface area contributed by atoms with E-state index < -0.39 is 6.04 Å². The molecular weight excluding hydrogens is 560 g/mol. The molecule has 1 aliphatic carbocycles. The lowest BCUT2D eigenvalue weighted by Crippen LogP contribution is -2.55. The minimum Gasteiger partial charge on any atom is -0.354 e. The molecule has 0 spiro atoms. The summed E-state index contributed by atoms with van der Waals surface area (Å²) in [5.74, 6) is -0.254. The summed E-state index contributed by atoms with van der Waals surface area (Å²) in [5.41, 5.74) is 0.823. The third kappa shape index (κ3) is 9.36. The van der Waals surface area contributed by atoms with Crippen LogP contribution >= 0.6 is 22.9 Å². The molecule has 3 atom stereocenters. The van der Waals surface area contributed by atoms with Crippen LogP contribution in [0.1, 0.15) is 57.4 Å². The van der Waals surface area contributed by atoms with E-state index in [1.54, 1.807) is 13.0 Å². The number of likely N-dealkylation sites (N-methyl/N-ethyl adjacent to an activating group) is 1. The number of carbonyl (C=O) groups excluding carboxylic acids is 3. The van der Waals surface area contributed by atoms with Crippen molar-refractivity contribution < 1.29 is 14.4 Å². The van der Waals surface area contributed by atoms with E-state index in [0.29, 0.717) is 18.0 Å². The van der Waals surface area contributed by atoms with Crippen LogP contribution in [-0.4, -0.2) is 90.9 Å². The predicted octanol–water partition coefficient (Wildman–Crippen LogP) is 3.45. The average molecular weight is 605 g/mol. The molecule has 4 rings (SSSR count). The van der Waals surface area contributed by atoms with Crippen LogP contribution in [0.3, 0.4) is 0 Å². The van der Waals surface area contributed by atoms with Gasteiger partial charge in [-0.3, -0.25) is 14.4 Å². The number of fused-ring (bicyclic) bond motifs is 1. The number of rotatable bonds is 12. The highest BCUT2D eigenvalue weighted by atomic mass is 35.5. The summed E-state index contributed by atoms with van der Waals surface area (Å²) >= 11 is 7.63. The summed E-state index contributed by atoms with van der Waals surface area (Å²) < 4.78 is 0.946. The fraction of sp³-hybridized carbons (Fsp3) is 0.667. The molecule has 2 aromatic rings. The molecule has 11 heteroatoms. The Kier molecular flexibility index (Phi) is 11.8. The average Bonchev–Trinajstić information content (AvgIpc) is 3.37. The van der Waals surface area contributed by atoms with Gasteiger partial charge in [-0.25, -0.2) is 4.98 Å². The Labute approximate surface area is 252 Å². The van der Waals surface area contributed by atoms with Crippen LogP contribution in [0.4, 0.5) is 0 Å². The second-order valence-corrected chi connectivity index (χ2v) is 13.2. The Morgan fingerprint density at radius 3 is 2.51 bits per heavy atom. The van der Waals surface area contributed by atoms with Crippen molar-refractivity contribution in [2.24, 2.45) is 11.8 Å². The quantitative estimate of drug-likeness (QED) is 0.343. The monoisotopic (exact) mass is 604 g/mol. The third-order valence-corrected chi connectivity index (χ3v) is 9.64. The van der Waals surface area contributed by atoms with Crippen molar-refractivity contribution in [3.05, 3.63) is 28.2 Å². The first-order valence-electron chi connectivity index (χ1n) is 15.0. The molecule has 3 N–H and O–H groups in total. The molecule has 3 amide bonds. The van der Waals surface area contributed by atoms with E-state index in [2.05, 4.69) is 37.8 Å². The molecule has 0 radical (unpaired) electrons. The van der Waals surface area contributed by atoms with E-state index in [-0.39, 0.29) is 42.0 Å². The summed E-state index contributed by atoms with van der Waals surface area (Å²) in [4.78, 5) is 48.5. The van der Waals surface area contributed by atoms with Crippen LogP contribution in [0.2, 0.25) is 5.02 Å². The summed E-state index contributed by atoms with van der Waals surface area (Å²) in [6.07, 6.45) is 6.05. The van der Waals surface area contributed by atoms with Gasteiger partial charge in [0.25, 0.3) is 0 Å². The number of thiazole rings is 1. The highest BCUT2D eigenvalue weighted by molar-refractivity contribution is 7.18. The Balaban J connectivity index is 1.41. The van der Waals surface area contributed by atoms with E-state index in [0.717, 1.165) is 73.6 Å². The molecule has 1 saturated carbocycles. The molecular formula is C30H45ClN6O3S. The first kappa shape index (κ1) is 31.7. The summed E-state index contributed by atoms with van der Waals surface area (Å²) in [5, 5.41) is 10.7. The normalized spacial score (nSPS) is 19.4. The van der Waals surface area contributed by atoms with Crippen molar-refractivity contribution >= 4 is 50.9 Å². The van der Waals surface area contributed by atoms with Gasteiger partial charge >= 0.3 is 0 Å². The maximum absolute atomic E-state index is 13.7. The number of hydrogen-bond donors (Lipinski definition) is 3. The lowest BCUT2D eigenvalue weighted by Gasteiger charge is -2.34. The van der Waals surface area contributed by atoms with E-state index >= 15 is 0 Å². The minimum atomic E-state index is -0.753. The Morgan fingerprint density at radius 2 is 1.80 bits per heavy atom. The van der Waals surface area contributed by atoms with Crippen molar-refractivity contribution in [2.75, 3.05) is 46.3 Å². The van der Waals surface area contributed by atoms with Gasteiger partial charge in [-0.2, -0.15) is 0 Å². The first-order valence-corrected chi connectivity index (χ1v) is 16.2. The molecule has 1 aromatic carbocycles. The van der Waals surface area contributed by atoms with Crippen molar-refractivity contribution in [1.82, 2.24) is 30.7 Å². The van der Waals surface area contributed by atoms with Gasteiger partial charge in [-0.1, -0.05) is 44.7 Å². The van der Waals surface area contributed by atoms with E-state index in [1.165, 1.54) is 17.8 Å². The fourth-order valence-electron chi connectivity index (χ4n) is 5.75. The maximum Gasteiger partial charge on any atom is 0.243 e. The summed E-state index contributed by atoms with van der Waals surface area (Å²) in [6, 6.07) is 4.58. The Bertz CT molecular complexity index is 1180. The number of amides is 3. The van der Waals surface area contributed by atoms with Gasteiger partial charge in [0.2, 0.25) is 17.7 Å². The molecule has 1 aliphatic heterocycles. The largest absolute Gasteiger partial charge is 0.354 e. The number of piperazine rings is 1. The highest BCUT2D eigenvalue weighted by Crippen LogP contribution is 2.28. The van der Waals surface area contributed by atoms with Crippen molar-refractivity contribution in [1.29, 1.82) is 0 Å². The second kappa shape index (κ2) is 15.3. The lowest BCUT2D eigenvalue weighted by atomic mass is 9.83. The van der Waals surface area contributed by atoms with E-state index in [9.17, 15) is 14.4 Å². The molecule has 9 nitrogen and oxygen atoms in total. The van der Waals surface area contributed by atoms with E-state index in [1.807, 2.05) is 19.1 Å². The molecule has 1 unspecified atom stereocenters. The Morgan fingerprint density at radius 1 is 1.07 bits per heavy atom. The lowest BCUT2D eigenvalue weighted by molar-refractivity contribution is -0.130. The number of halogens is 1. The minimum absolute atomic E-state index is 0.0166. The first-order chi connectivity index (χ1) is 19.7. The summed E-state index contributed by atoms with van der Waals surface area (Å²) in [7, 11) is 2.13. The Hall–Kier alpha value is -2.27. The second-order valence-electron chi connectivity index (χ2n) is 11.7. The SMILES string of the molecule is CCC(=O)N[C@@H](Cc1nc2ccc(Cl)cc2s1)C(=O)N[C@H](CNC(=O)C(C)CN1CCN(C)CC1)C1CCCCC1. The third-order valence-electron chi connectivity index (χ3n) is 8.36. The molecule has 2 fully saturated rings. The van der Waals surface area contributed by atoms with Crippen LogP contribution in [0.25, 0.3) is 10.2 Å². The summed E-state index contributed by atoms with van der Waals surface area (Å²) in [6.45, 7) is 8.85. The number of aromatic nitrogens is 1. The van der Waals surface area contributed by atoms with Gasteiger partial charge in [0.05, 0.1) is 15.2 Å². The van der Waals surface area contributed by atoms with Crippen LogP contribution in [-0.2, 0) is 20.8 Å². The molecule has 2 heterocycles. The molecule has 1 saturated heterocycles. The van der Waals surface area contributed by atoms with Crippen LogP contribution in [0.5, 0.6) is 0 Å². The number of nitrogens with one attached hydrogen (secondary N) is 3. The van der Waals surface area contributed by atoms with Crippen molar-refractivity contribution in [3.8, 4) is 0 Å². The van der Waals surface area contributed by atoms with Crippen molar-refractivity contribution in [2.45, 2.75) is 70.9 Å². The van der Waals surface area contributed by atoms with E-state index in [4.69, 9.17) is 11.6 Å². The fourth-order valence-corrected chi connectivity index (χ4v) is 7.04. The highest BCUT2D eigenvalue weighted by Gasteiger charge is 2.30. The molecule has 0 bridgehead atoms. The van der Waals surface area contributed by atoms with Crippen molar-refractivity contribution in [3.63, 3.8) is 0 Å². The molecule has 1 aromatic heterocycles. The van der Waals surface area contributed by atoms with Gasteiger partial charge in [0.15, 0.2) is 0 Å². The smallest absolute Gasteiger partial charge is 0.243 e. The van der Waals surface area contributed by atoms with Crippen LogP contribution in [0.15, 0.2) is 18.2 Å². The number of hydrogen-bond acceptors (Lipinski definition) is 7. The van der Waals surface area contributed by atoms with Crippen LogP contribution in [0, 0.1) is 11.8 Å². The van der Waals surface area contributed by atoms with Gasteiger partial charge < -0.3 is 25.8 Å². The zero-order valence-electron chi connectivity index (χ0n) is 24.6. The molecule has 2 aliphatic rings. The van der Waals surface area contributed by atoms with Gasteiger partial charge in [-0.15, -0.1) is 11.3 Å². The zero-order valence-corrected chi connectivity index (χ0v) is 26.2. The standard InChI is InChI=1S/C30H45ClN6O3S/c1-4-27(38)33-24(17-28-34-23-11-10-22(31)16-26(23)41-28)30(40)35-25(21-8-6-5-7-9-21)18-32-29(39)20(2)19-37-14-12-36(3)13-15-37/h10-11,16,20-21,24-25H,4-9,12-15,17-19H2,1-3H3,(H,32,39)(H,33,38)(H,35,40)/t20?,24-,25+/m0/s1. The van der Waals surface area contributed by atoms with Crippen LogP contribution < -0.4 is 16.0 Å². The maximum atomic E-state index is 13.7. The molecule has 41 heavy (non-hydrogen) atoms. The number of nitrogens with zero attached hydrogens (tertiary/aromatic N) is 3. The van der Waals surface area contributed by atoms with Gasteiger partial charge in [0.1, 0.15) is 6.04 Å². The number of benzene rings is 1. The topological polar surface area (TPSA) is 107 Å². The number of carbonyl (C=O) groups is 3. The predicted molar refractivity (Wildman–Crippen MR) is 165 cm³/mol.